The topological polar surface area (TPSA) is 25.8 Å². The van der Waals surface area contributed by atoms with Crippen molar-refractivity contribution >= 4 is 55.4 Å². The van der Waals surface area contributed by atoms with E-state index < -0.39 is 0 Å². The Bertz CT molecular complexity index is 2770. The van der Waals surface area contributed by atoms with Crippen molar-refractivity contribution in [1.82, 2.24) is 9.97 Å². The molecule has 0 saturated heterocycles. The van der Waals surface area contributed by atoms with Gasteiger partial charge in [-0.3, -0.25) is 0 Å². The SMILES string of the molecule is Cc1c2c3c(nc(-c4ccccc4)c2c(C)c2c1c(-c1cccc(-c4cc5ccccc5c5c4CCC=C5)c1)nc1ccccc12)C=CCC3. The summed E-state index contributed by atoms with van der Waals surface area (Å²) in [6, 6.07) is 39.7. The van der Waals surface area contributed by atoms with E-state index in [1.165, 1.54) is 76.6 Å². The summed E-state index contributed by atoms with van der Waals surface area (Å²) in [4.78, 5) is 10.9. The highest BCUT2D eigenvalue weighted by Crippen LogP contribution is 2.46. The highest BCUT2D eigenvalue weighted by Gasteiger charge is 2.25. The lowest BCUT2D eigenvalue weighted by atomic mass is 9.83. The summed E-state index contributed by atoms with van der Waals surface area (Å²) in [5.74, 6) is 0. The zero-order valence-corrected chi connectivity index (χ0v) is 28.4. The Kier molecular flexibility index (Phi) is 6.61. The second kappa shape index (κ2) is 11.4. The number of hydrogen-bond donors (Lipinski definition) is 0. The molecule has 6 aromatic carbocycles. The molecule has 0 spiro atoms. The van der Waals surface area contributed by atoms with E-state index in [0.29, 0.717) is 0 Å². The van der Waals surface area contributed by atoms with Gasteiger partial charge in [0.05, 0.1) is 22.6 Å². The minimum atomic E-state index is 0.990. The van der Waals surface area contributed by atoms with Gasteiger partial charge in [-0.05, 0) is 124 Å². The molecule has 2 heteroatoms. The number of pyridine rings is 2. The van der Waals surface area contributed by atoms with E-state index in [1.807, 2.05) is 0 Å². The van der Waals surface area contributed by atoms with Crippen LogP contribution in [0.3, 0.4) is 0 Å². The lowest BCUT2D eigenvalue weighted by molar-refractivity contribution is 0.978. The first kappa shape index (κ1) is 29.1. The van der Waals surface area contributed by atoms with E-state index in [1.54, 1.807) is 0 Å². The fraction of sp³-hybridized carbons (Fsp3) is 0.125. The summed E-state index contributed by atoms with van der Waals surface area (Å²) in [5.41, 5.74) is 15.8. The molecule has 0 unspecified atom stereocenters. The van der Waals surface area contributed by atoms with E-state index in [9.17, 15) is 0 Å². The predicted molar refractivity (Wildman–Crippen MR) is 213 cm³/mol. The van der Waals surface area contributed by atoms with E-state index in [2.05, 4.69) is 147 Å². The van der Waals surface area contributed by atoms with E-state index in [-0.39, 0.29) is 0 Å². The van der Waals surface area contributed by atoms with Crippen LogP contribution in [0.25, 0.3) is 89.0 Å². The second-order valence-electron chi connectivity index (χ2n) is 13.9. The molecular weight excluding hydrogens is 605 g/mol. The van der Waals surface area contributed by atoms with Crippen molar-refractivity contribution in [3.05, 3.63) is 155 Å². The van der Waals surface area contributed by atoms with Crippen molar-refractivity contribution in [2.45, 2.75) is 39.5 Å². The van der Waals surface area contributed by atoms with Crippen LogP contribution in [0.5, 0.6) is 0 Å². The largest absolute Gasteiger partial charge is 0.247 e. The number of allylic oxidation sites excluding steroid dienone is 2. The molecule has 0 fully saturated rings. The summed E-state index contributed by atoms with van der Waals surface area (Å²) < 4.78 is 0. The molecule has 2 heterocycles. The maximum absolute atomic E-state index is 5.51. The standard InChI is InChI=1S/C48H36N2/c1-29-44-39-24-11-13-26-42(39)50-48(34-19-14-18-32(27-34)40-28-33-17-6-7-20-35(33)36-21-8-9-22-37(36)40)46(44)30(2)43-38-23-10-12-25-41(38)49-47(45(29)43)31-15-4-3-5-16-31/h3-8,11-21,24-28H,9-10,22-23H2,1-2H3. The molecule has 0 atom stereocenters. The van der Waals surface area contributed by atoms with Crippen LogP contribution in [0.1, 0.15) is 46.4 Å². The van der Waals surface area contributed by atoms with Gasteiger partial charge in [0.15, 0.2) is 0 Å². The van der Waals surface area contributed by atoms with Crippen LogP contribution in [0, 0.1) is 13.8 Å². The van der Waals surface area contributed by atoms with Gasteiger partial charge in [-0.2, -0.15) is 0 Å². The Hall–Kier alpha value is -5.86. The van der Waals surface area contributed by atoms with Gasteiger partial charge in [0.25, 0.3) is 0 Å². The molecule has 2 aliphatic carbocycles. The maximum Gasteiger partial charge on any atom is 0.0791 e. The molecule has 2 aliphatic rings. The number of rotatable bonds is 3. The fourth-order valence-electron chi connectivity index (χ4n) is 8.86. The number of hydrogen-bond acceptors (Lipinski definition) is 2. The number of para-hydroxylation sites is 1. The summed E-state index contributed by atoms with van der Waals surface area (Å²) in [5, 5.41) is 8.94. The monoisotopic (exact) mass is 640 g/mol. The normalized spacial score (nSPS) is 13.7. The molecule has 0 bridgehead atoms. The molecule has 2 aromatic heterocycles. The van der Waals surface area contributed by atoms with Crippen LogP contribution < -0.4 is 0 Å². The van der Waals surface area contributed by atoms with E-state index >= 15 is 0 Å². The number of benzene rings is 6. The van der Waals surface area contributed by atoms with Crippen molar-refractivity contribution in [2.75, 3.05) is 0 Å². The molecule has 238 valence electrons. The van der Waals surface area contributed by atoms with Gasteiger partial charge in [-0.25, -0.2) is 9.97 Å². The molecule has 2 nitrogen and oxygen atoms in total. The summed E-state index contributed by atoms with van der Waals surface area (Å²) >= 11 is 0. The third-order valence-electron chi connectivity index (χ3n) is 11.1. The molecule has 0 aliphatic heterocycles. The average molecular weight is 641 g/mol. The van der Waals surface area contributed by atoms with Gasteiger partial charge in [-0.1, -0.05) is 109 Å². The van der Waals surface area contributed by atoms with Crippen LogP contribution >= 0.6 is 0 Å². The molecule has 50 heavy (non-hydrogen) atoms. The highest BCUT2D eigenvalue weighted by molar-refractivity contribution is 6.22. The Labute approximate surface area is 292 Å². The number of fused-ring (bicyclic) bond motifs is 9. The Balaban J connectivity index is 1.31. The van der Waals surface area contributed by atoms with Crippen molar-refractivity contribution in [3.63, 3.8) is 0 Å². The zero-order valence-electron chi connectivity index (χ0n) is 28.4. The van der Waals surface area contributed by atoms with Gasteiger partial charge in [0.1, 0.15) is 0 Å². The van der Waals surface area contributed by atoms with Gasteiger partial charge in [0.2, 0.25) is 0 Å². The molecule has 0 N–H and O–H groups in total. The van der Waals surface area contributed by atoms with Crippen LogP contribution in [0.15, 0.2) is 121 Å². The lowest BCUT2D eigenvalue weighted by Crippen LogP contribution is -2.05. The molecule has 8 aromatic rings. The predicted octanol–water partition coefficient (Wildman–Crippen LogP) is 12.6. The third kappa shape index (κ3) is 4.34. The first-order valence-corrected chi connectivity index (χ1v) is 17.9. The minimum Gasteiger partial charge on any atom is -0.247 e. The fourth-order valence-corrected chi connectivity index (χ4v) is 8.86. The van der Waals surface area contributed by atoms with Crippen molar-refractivity contribution in [3.8, 4) is 33.6 Å². The summed E-state index contributed by atoms with van der Waals surface area (Å²) in [6.07, 6.45) is 13.3. The molecule has 10 rings (SSSR count). The van der Waals surface area contributed by atoms with E-state index in [4.69, 9.17) is 9.97 Å². The summed E-state index contributed by atoms with van der Waals surface area (Å²) in [7, 11) is 0. The zero-order chi connectivity index (χ0) is 33.3. The molecule has 0 radical (unpaired) electrons. The maximum atomic E-state index is 5.51. The lowest BCUT2D eigenvalue weighted by Gasteiger charge is -2.23. The number of nitrogens with zero attached hydrogens (tertiary/aromatic N) is 2. The van der Waals surface area contributed by atoms with E-state index in [0.717, 1.165) is 59.4 Å². The first-order chi connectivity index (χ1) is 24.7. The van der Waals surface area contributed by atoms with Gasteiger partial charge in [-0.15, -0.1) is 0 Å². The van der Waals surface area contributed by atoms with Crippen LogP contribution in [0.4, 0.5) is 0 Å². The average Bonchev–Trinajstić information content (AvgIpc) is 3.18. The Morgan fingerprint density at radius 2 is 1.16 bits per heavy atom. The van der Waals surface area contributed by atoms with Gasteiger partial charge < -0.3 is 0 Å². The van der Waals surface area contributed by atoms with Crippen LogP contribution in [-0.2, 0) is 12.8 Å². The summed E-state index contributed by atoms with van der Waals surface area (Å²) in [6.45, 7) is 4.64. The molecule has 0 amide bonds. The van der Waals surface area contributed by atoms with Crippen LogP contribution in [-0.4, -0.2) is 9.97 Å². The Morgan fingerprint density at radius 1 is 0.500 bits per heavy atom. The van der Waals surface area contributed by atoms with Gasteiger partial charge in [0, 0.05) is 27.3 Å². The van der Waals surface area contributed by atoms with Crippen molar-refractivity contribution in [2.24, 2.45) is 0 Å². The van der Waals surface area contributed by atoms with Gasteiger partial charge >= 0.3 is 0 Å². The molecular formula is C48H36N2. The van der Waals surface area contributed by atoms with Crippen molar-refractivity contribution in [1.29, 1.82) is 0 Å². The second-order valence-corrected chi connectivity index (χ2v) is 13.9. The molecule has 0 saturated carbocycles. The van der Waals surface area contributed by atoms with Crippen LogP contribution in [0.2, 0.25) is 0 Å². The third-order valence-corrected chi connectivity index (χ3v) is 11.1. The number of aromatic nitrogens is 2. The quantitative estimate of drug-likeness (QED) is 0.142. The first-order valence-electron chi connectivity index (χ1n) is 17.9. The Morgan fingerprint density at radius 3 is 2.04 bits per heavy atom. The number of aryl methyl sites for hydroxylation is 3. The highest BCUT2D eigenvalue weighted by atomic mass is 14.7. The minimum absolute atomic E-state index is 0.990. The smallest absolute Gasteiger partial charge is 0.0791 e. The van der Waals surface area contributed by atoms with Crippen molar-refractivity contribution < 1.29 is 0 Å².